The van der Waals surface area contributed by atoms with E-state index in [1.54, 1.807) is 0 Å². The summed E-state index contributed by atoms with van der Waals surface area (Å²) in [6, 6.07) is 14.7. The zero-order chi connectivity index (χ0) is 37.0. The number of carbonyl (C=O) groups excluding carboxylic acids is 2. The Hall–Kier alpha value is -5.55. The van der Waals surface area contributed by atoms with Crippen molar-refractivity contribution in [3.05, 3.63) is 100 Å². The number of aromatic nitrogens is 3. The average molecular weight is 774 g/mol. The Morgan fingerprint density at radius 3 is 1.78 bits per heavy atom. The van der Waals surface area contributed by atoms with Crippen molar-refractivity contribution in [2.45, 2.75) is 14.7 Å². The zero-order valence-corrected chi connectivity index (χ0v) is 28.3. The first-order valence-electron chi connectivity index (χ1n) is 13.9. The van der Waals surface area contributed by atoms with E-state index in [0.29, 0.717) is 0 Å². The highest BCUT2D eigenvalue weighted by molar-refractivity contribution is 7.86. The molecular weight excluding hydrogens is 754 g/mol. The largest absolute Gasteiger partial charge is 0.397 e. The molecule has 4 aromatic carbocycles. The molecule has 1 heterocycles. The van der Waals surface area contributed by atoms with Crippen LogP contribution in [0.2, 0.25) is 5.28 Å². The number of hydrogen-bond donors (Lipinski definition) is 7. The average Bonchev–Trinajstić information content (AvgIpc) is 3.03. The van der Waals surface area contributed by atoms with Gasteiger partial charge in [-0.3, -0.25) is 23.2 Å². The molecule has 0 saturated heterocycles. The predicted molar refractivity (Wildman–Crippen MR) is 181 cm³/mol. The first kappa shape index (κ1) is 35.3. The van der Waals surface area contributed by atoms with Crippen LogP contribution in [0.1, 0.15) is 31.8 Å². The Balaban J connectivity index is 1.39. The third-order valence-electron chi connectivity index (χ3n) is 7.26. The van der Waals surface area contributed by atoms with Gasteiger partial charge in [-0.05, 0) is 54.1 Å². The molecule has 0 unspecified atom stereocenters. The Bertz CT molecular complexity index is 2670. The van der Waals surface area contributed by atoms with Gasteiger partial charge in [0, 0.05) is 22.5 Å². The van der Waals surface area contributed by atoms with Gasteiger partial charge in [-0.1, -0.05) is 30.3 Å². The lowest BCUT2D eigenvalue weighted by atomic mass is 9.82. The van der Waals surface area contributed by atoms with Crippen molar-refractivity contribution in [3.63, 3.8) is 0 Å². The summed E-state index contributed by atoms with van der Waals surface area (Å²) < 4.78 is 102. The molecule has 0 bridgehead atoms. The highest BCUT2D eigenvalue weighted by Gasteiger charge is 2.36. The second-order valence-electron chi connectivity index (χ2n) is 10.6. The van der Waals surface area contributed by atoms with E-state index >= 15 is 0 Å². The third-order valence-corrected chi connectivity index (χ3v) is 10.1. The van der Waals surface area contributed by atoms with Crippen LogP contribution in [0.3, 0.4) is 0 Å². The fourth-order valence-electron chi connectivity index (χ4n) is 5.12. The van der Waals surface area contributed by atoms with Crippen molar-refractivity contribution in [2.24, 2.45) is 0 Å². The summed E-state index contributed by atoms with van der Waals surface area (Å²) in [6.45, 7) is 0. The molecule has 6 rings (SSSR count). The number of hydrogen-bond acceptors (Lipinski definition) is 15. The van der Waals surface area contributed by atoms with Gasteiger partial charge in [-0.15, -0.1) is 0 Å². The summed E-state index contributed by atoms with van der Waals surface area (Å²) in [7, 11) is -14.6. The molecule has 1 aromatic heterocycles. The highest BCUT2D eigenvalue weighted by atomic mass is 35.5. The number of halogens is 1. The molecule has 22 heteroatoms. The Kier molecular flexibility index (Phi) is 8.75. The monoisotopic (exact) mass is 773 g/mol. The van der Waals surface area contributed by atoms with Crippen LogP contribution in [0.5, 0.6) is 0 Å². The van der Waals surface area contributed by atoms with Crippen molar-refractivity contribution < 1.29 is 48.5 Å². The Morgan fingerprint density at radius 1 is 0.588 bits per heavy atom. The van der Waals surface area contributed by atoms with E-state index in [4.69, 9.17) is 17.3 Å². The maximum atomic E-state index is 13.6. The number of fused-ring (bicyclic) bond motifs is 2. The number of rotatable bonds is 9. The molecule has 0 aliphatic heterocycles. The minimum absolute atomic E-state index is 0.0220. The van der Waals surface area contributed by atoms with Crippen molar-refractivity contribution in [2.75, 3.05) is 21.7 Å². The molecule has 0 amide bonds. The van der Waals surface area contributed by atoms with E-state index in [-0.39, 0.29) is 51.3 Å². The van der Waals surface area contributed by atoms with Crippen molar-refractivity contribution >= 4 is 93.9 Å². The molecule has 1 aliphatic carbocycles. The van der Waals surface area contributed by atoms with Gasteiger partial charge in [-0.25, -0.2) is 0 Å². The summed E-state index contributed by atoms with van der Waals surface area (Å²) in [5.74, 6) is -2.15. The van der Waals surface area contributed by atoms with Gasteiger partial charge in [0.15, 0.2) is 11.6 Å². The molecule has 5 aromatic rings. The normalized spacial score (nSPS) is 12.9. The van der Waals surface area contributed by atoms with E-state index in [1.165, 1.54) is 42.5 Å². The predicted octanol–water partition coefficient (Wildman–Crippen LogP) is 3.85. The standard InChI is InChI=1S/C29H20ClN7O11S3/c30-27-35-28(33-13-4-3-5-15(10-13)49(40,41)42)37-29(36-27)34-18-9-8-14(11-20(18)50(43,44)45)32-19-12-21(51(46,47)48)24(31)23-22(19)25(38)16-6-1-2-7-17(16)26(23)39/h1-12,32H,31H2,(H,40,41,42)(H,43,44,45)(H,46,47,48)(H2,33,34,35,36,37). The Morgan fingerprint density at radius 2 is 1.18 bits per heavy atom. The lowest BCUT2D eigenvalue weighted by molar-refractivity contribution is 0.0980. The maximum absolute atomic E-state index is 13.6. The van der Waals surface area contributed by atoms with Gasteiger partial charge >= 0.3 is 0 Å². The van der Waals surface area contributed by atoms with Gasteiger partial charge in [0.25, 0.3) is 30.4 Å². The van der Waals surface area contributed by atoms with Crippen molar-refractivity contribution in [1.29, 1.82) is 0 Å². The molecule has 0 atom stereocenters. The smallest absolute Gasteiger partial charge is 0.296 e. The lowest BCUT2D eigenvalue weighted by Gasteiger charge is -2.24. The van der Waals surface area contributed by atoms with Crippen molar-refractivity contribution in [1.82, 2.24) is 15.0 Å². The van der Waals surface area contributed by atoms with Crippen molar-refractivity contribution in [3.8, 4) is 0 Å². The Labute approximate surface area is 293 Å². The number of nitrogens with two attached hydrogens (primary N) is 1. The summed E-state index contributed by atoms with van der Waals surface area (Å²) in [4.78, 5) is 36.7. The van der Waals surface area contributed by atoms with Crippen LogP contribution in [0.25, 0.3) is 0 Å². The minimum atomic E-state index is -5.06. The van der Waals surface area contributed by atoms with Gasteiger partial charge in [0.05, 0.1) is 33.1 Å². The topological polar surface area (TPSA) is 298 Å². The number of anilines is 7. The van der Waals surface area contributed by atoms with Gasteiger partial charge in [0.2, 0.25) is 17.2 Å². The van der Waals surface area contributed by atoms with Crippen LogP contribution in [0.4, 0.5) is 40.3 Å². The number of benzene rings is 4. The van der Waals surface area contributed by atoms with Crippen LogP contribution in [0.15, 0.2) is 87.5 Å². The summed E-state index contributed by atoms with van der Waals surface area (Å²) >= 11 is 6.02. The molecule has 51 heavy (non-hydrogen) atoms. The molecule has 0 radical (unpaired) electrons. The summed E-state index contributed by atoms with van der Waals surface area (Å²) in [5.41, 5.74) is 3.65. The minimum Gasteiger partial charge on any atom is -0.397 e. The van der Waals surface area contributed by atoms with E-state index < -0.39 is 73.1 Å². The fourth-order valence-corrected chi connectivity index (χ4v) is 7.13. The number of nitrogen functional groups attached to an aromatic ring is 1. The molecule has 0 fully saturated rings. The SMILES string of the molecule is Nc1c(S(=O)(=O)O)cc(Nc2ccc(Nc3nc(Cl)nc(Nc4cccc(S(=O)(=O)O)c4)n3)c(S(=O)(=O)O)c2)c2c1C(=O)c1ccccc1C2=O. The quantitative estimate of drug-likeness (QED) is 0.0810. The summed E-state index contributed by atoms with van der Waals surface area (Å²) in [5, 5.41) is 7.50. The van der Waals surface area contributed by atoms with Crippen LogP contribution in [-0.2, 0) is 30.4 Å². The third kappa shape index (κ3) is 7.07. The number of carbonyl (C=O) groups is 2. The number of nitrogens with one attached hydrogen (secondary N) is 3. The summed E-state index contributed by atoms with van der Waals surface area (Å²) in [6.07, 6.45) is 0. The van der Waals surface area contributed by atoms with Crippen LogP contribution >= 0.6 is 11.6 Å². The molecule has 262 valence electrons. The first-order chi connectivity index (χ1) is 23.8. The van der Waals surface area contributed by atoms with Crippen LogP contribution in [-0.4, -0.2) is 65.4 Å². The zero-order valence-electron chi connectivity index (χ0n) is 25.1. The maximum Gasteiger partial charge on any atom is 0.296 e. The molecule has 0 spiro atoms. The fraction of sp³-hybridized carbons (Fsp3) is 0. The number of nitrogens with zero attached hydrogens (tertiary/aromatic N) is 3. The van der Waals surface area contributed by atoms with E-state index in [2.05, 4.69) is 30.9 Å². The molecule has 18 nitrogen and oxygen atoms in total. The van der Waals surface area contributed by atoms with Gasteiger partial charge < -0.3 is 21.7 Å². The second kappa shape index (κ2) is 12.6. The first-order valence-corrected chi connectivity index (χ1v) is 18.5. The molecular formula is C29H20ClN7O11S3. The van der Waals surface area contributed by atoms with E-state index in [1.807, 2.05) is 0 Å². The molecule has 0 saturated carbocycles. The second-order valence-corrected chi connectivity index (χ2v) is 15.1. The molecule has 8 N–H and O–H groups in total. The van der Waals surface area contributed by atoms with Crippen LogP contribution in [0, 0.1) is 0 Å². The highest BCUT2D eigenvalue weighted by Crippen LogP contribution is 2.40. The number of ketones is 2. The van der Waals surface area contributed by atoms with Gasteiger partial charge in [0.1, 0.15) is 9.79 Å². The lowest BCUT2D eigenvalue weighted by Crippen LogP contribution is -2.25. The van der Waals surface area contributed by atoms with E-state index in [9.17, 15) is 48.5 Å². The van der Waals surface area contributed by atoms with Crippen LogP contribution < -0.4 is 21.7 Å². The van der Waals surface area contributed by atoms with E-state index in [0.717, 1.165) is 30.3 Å². The van der Waals surface area contributed by atoms with Gasteiger partial charge in [-0.2, -0.15) is 40.2 Å². The molecule has 1 aliphatic rings.